The number of carbonyl (C=O) groups excluding carboxylic acids is 1. The van der Waals surface area contributed by atoms with E-state index in [1.54, 1.807) is 7.11 Å². The van der Waals surface area contributed by atoms with E-state index in [0.29, 0.717) is 13.2 Å². The van der Waals surface area contributed by atoms with Crippen LogP contribution in [-0.2, 0) is 20.8 Å². The van der Waals surface area contributed by atoms with E-state index < -0.39 is 0 Å². The number of benzene rings is 1. The Bertz CT molecular complexity index is 668. The van der Waals surface area contributed by atoms with E-state index in [4.69, 9.17) is 14.2 Å². The first-order valence-electron chi connectivity index (χ1n) is 15.4. The van der Waals surface area contributed by atoms with Crippen molar-refractivity contribution in [1.82, 2.24) is 5.32 Å². The number of methoxy groups -OCH3 is 1. The second-order valence-corrected chi connectivity index (χ2v) is 10.8. The molecule has 0 bridgehead atoms. The van der Waals surface area contributed by atoms with Gasteiger partial charge < -0.3 is 19.5 Å². The molecule has 0 heterocycles. The Labute approximate surface area is 227 Å². The van der Waals surface area contributed by atoms with Gasteiger partial charge in [0.1, 0.15) is 12.2 Å². The molecule has 3 atom stereocenters. The van der Waals surface area contributed by atoms with Gasteiger partial charge in [0.15, 0.2) is 0 Å². The molecule has 212 valence electrons. The first kappa shape index (κ1) is 31.6. The Morgan fingerprint density at radius 1 is 0.757 bits per heavy atom. The van der Waals surface area contributed by atoms with E-state index in [0.717, 1.165) is 31.2 Å². The monoisotopic (exact) mass is 517 g/mol. The Hall–Kier alpha value is -1.59. The van der Waals surface area contributed by atoms with Crippen molar-refractivity contribution in [2.24, 2.45) is 0 Å². The zero-order chi connectivity index (χ0) is 26.4. The summed E-state index contributed by atoms with van der Waals surface area (Å²) >= 11 is 0. The number of hydrogen-bond donors (Lipinski definition) is 1. The molecule has 1 aromatic rings. The lowest BCUT2D eigenvalue weighted by Gasteiger charge is -2.23. The maximum Gasteiger partial charge on any atom is 0.407 e. The molecule has 0 radical (unpaired) electrons. The predicted octanol–water partition coefficient (Wildman–Crippen LogP) is 8.74. The first-order chi connectivity index (χ1) is 18.2. The number of ether oxygens (including phenoxy) is 3. The van der Waals surface area contributed by atoms with Crippen LogP contribution in [0.2, 0.25) is 0 Å². The summed E-state index contributed by atoms with van der Waals surface area (Å²) in [5.41, 5.74) is 1.14. The third kappa shape index (κ3) is 14.8. The fourth-order valence-electron chi connectivity index (χ4n) is 5.32. The number of amides is 1. The van der Waals surface area contributed by atoms with Crippen LogP contribution in [0.4, 0.5) is 4.79 Å². The lowest BCUT2D eigenvalue weighted by molar-refractivity contribution is -0.0817. The predicted molar refractivity (Wildman–Crippen MR) is 153 cm³/mol. The molecule has 37 heavy (non-hydrogen) atoms. The van der Waals surface area contributed by atoms with Crippen molar-refractivity contribution >= 4 is 6.09 Å². The maximum atomic E-state index is 12.3. The summed E-state index contributed by atoms with van der Waals surface area (Å²) in [6.45, 7) is 3.50. The van der Waals surface area contributed by atoms with Crippen molar-refractivity contribution in [1.29, 1.82) is 0 Å². The first-order valence-corrected chi connectivity index (χ1v) is 15.4. The van der Waals surface area contributed by atoms with Crippen molar-refractivity contribution in [2.75, 3.05) is 13.7 Å². The fraction of sp³-hybridized carbons (Fsp3) is 0.781. The average molecular weight is 518 g/mol. The van der Waals surface area contributed by atoms with Crippen LogP contribution in [0.25, 0.3) is 0 Å². The quantitative estimate of drug-likeness (QED) is 0.156. The number of carbonyl (C=O) groups is 1. The van der Waals surface area contributed by atoms with E-state index >= 15 is 0 Å². The highest BCUT2D eigenvalue weighted by Gasteiger charge is 2.39. The van der Waals surface area contributed by atoms with E-state index in [2.05, 4.69) is 24.4 Å². The summed E-state index contributed by atoms with van der Waals surface area (Å²) in [5, 5.41) is 2.92. The van der Waals surface area contributed by atoms with Gasteiger partial charge in [0.2, 0.25) is 0 Å². The third-order valence-corrected chi connectivity index (χ3v) is 7.61. The molecule has 5 nitrogen and oxygen atoms in total. The van der Waals surface area contributed by atoms with Gasteiger partial charge in [-0.3, -0.25) is 0 Å². The van der Waals surface area contributed by atoms with Crippen LogP contribution in [0.1, 0.15) is 128 Å². The minimum atomic E-state index is -0.336. The van der Waals surface area contributed by atoms with Gasteiger partial charge in [0.25, 0.3) is 0 Å². The highest BCUT2D eigenvalue weighted by atomic mass is 16.6. The molecule has 1 aliphatic carbocycles. The Morgan fingerprint density at radius 2 is 1.27 bits per heavy atom. The molecule has 2 rings (SSSR count). The van der Waals surface area contributed by atoms with Crippen molar-refractivity contribution in [2.45, 2.75) is 147 Å². The molecule has 0 unspecified atom stereocenters. The Morgan fingerprint density at radius 3 is 1.81 bits per heavy atom. The minimum absolute atomic E-state index is 0.0525. The smallest absolute Gasteiger partial charge is 0.407 e. The van der Waals surface area contributed by atoms with E-state index in [9.17, 15) is 4.79 Å². The van der Waals surface area contributed by atoms with Crippen LogP contribution in [0.5, 0.6) is 0 Å². The number of alkyl carbamates (subject to hydrolysis) is 1. The van der Waals surface area contributed by atoms with Crippen LogP contribution < -0.4 is 5.32 Å². The van der Waals surface area contributed by atoms with Gasteiger partial charge in [0, 0.05) is 13.7 Å². The van der Waals surface area contributed by atoms with Crippen LogP contribution in [0.15, 0.2) is 30.3 Å². The molecule has 1 amide bonds. The lowest BCUT2D eigenvalue weighted by Crippen LogP contribution is -2.38. The summed E-state index contributed by atoms with van der Waals surface area (Å²) in [4.78, 5) is 12.3. The van der Waals surface area contributed by atoms with Crippen molar-refractivity contribution in [3.63, 3.8) is 0 Å². The molecule has 1 saturated carbocycles. The van der Waals surface area contributed by atoms with Crippen LogP contribution in [0, 0.1) is 0 Å². The van der Waals surface area contributed by atoms with Gasteiger partial charge in [-0.2, -0.15) is 0 Å². The van der Waals surface area contributed by atoms with E-state index in [1.165, 1.54) is 89.9 Å². The molecule has 0 saturated heterocycles. The third-order valence-electron chi connectivity index (χ3n) is 7.61. The van der Waals surface area contributed by atoms with Gasteiger partial charge >= 0.3 is 6.09 Å². The normalized spacial score (nSPS) is 19.2. The zero-order valence-corrected chi connectivity index (χ0v) is 23.9. The van der Waals surface area contributed by atoms with Gasteiger partial charge in [-0.05, 0) is 24.8 Å². The molecular weight excluding hydrogens is 462 g/mol. The minimum Gasteiger partial charge on any atom is -0.443 e. The highest BCUT2D eigenvalue weighted by molar-refractivity contribution is 5.67. The second-order valence-electron chi connectivity index (χ2n) is 10.8. The Kier molecular flexibility index (Phi) is 18.3. The van der Waals surface area contributed by atoms with Crippen molar-refractivity contribution in [3.05, 3.63) is 35.9 Å². The molecule has 0 aliphatic heterocycles. The fourth-order valence-corrected chi connectivity index (χ4v) is 5.32. The SMILES string of the molecule is CCCCCCCCCCCCCCCCCCNC(=O)O[C@H]1CC[C@@H](OCc2ccccc2)[C@@H]1OC. The standard InChI is InChI=1S/C32H55NO4/c1-3-4-5-6-7-8-9-10-11-12-13-14-15-16-17-21-26-33-32(34)37-30-25-24-29(31(30)35-2)36-27-28-22-19-18-20-23-28/h18-20,22-23,29-31H,3-17,21,24-27H2,1-2H3,(H,33,34)/t29-,30+,31+/m1/s1. The second kappa shape index (κ2) is 21.4. The number of nitrogens with one attached hydrogen (secondary N) is 1. The number of rotatable bonds is 22. The molecule has 0 spiro atoms. The van der Waals surface area contributed by atoms with E-state index in [-0.39, 0.29) is 24.4 Å². The lowest BCUT2D eigenvalue weighted by atomic mass is 10.0. The molecule has 1 aliphatic rings. The average Bonchev–Trinajstić information content (AvgIpc) is 3.30. The van der Waals surface area contributed by atoms with Crippen molar-refractivity contribution < 1.29 is 19.0 Å². The molecule has 1 fully saturated rings. The van der Waals surface area contributed by atoms with Gasteiger partial charge in [-0.1, -0.05) is 134 Å². The van der Waals surface area contributed by atoms with Crippen molar-refractivity contribution in [3.8, 4) is 0 Å². The summed E-state index contributed by atoms with van der Waals surface area (Å²) in [7, 11) is 1.67. The molecule has 1 N–H and O–H groups in total. The number of hydrogen-bond acceptors (Lipinski definition) is 4. The summed E-state index contributed by atoms with van der Waals surface area (Å²) in [6, 6.07) is 10.1. The van der Waals surface area contributed by atoms with Crippen LogP contribution in [-0.4, -0.2) is 38.1 Å². The molecular formula is C32H55NO4. The summed E-state index contributed by atoms with van der Waals surface area (Å²) in [6.07, 6.45) is 22.3. The highest BCUT2D eigenvalue weighted by Crippen LogP contribution is 2.28. The molecule has 1 aromatic carbocycles. The van der Waals surface area contributed by atoms with Crippen LogP contribution in [0.3, 0.4) is 0 Å². The van der Waals surface area contributed by atoms with Gasteiger partial charge in [-0.15, -0.1) is 0 Å². The zero-order valence-electron chi connectivity index (χ0n) is 23.9. The van der Waals surface area contributed by atoms with Crippen LogP contribution >= 0.6 is 0 Å². The molecule has 5 heteroatoms. The van der Waals surface area contributed by atoms with Gasteiger partial charge in [-0.25, -0.2) is 4.79 Å². The molecule has 0 aromatic heterocycles. The Balaban J connectivity index is 1.39. The number of unbranched alkanes of at least 4 members (excludes halogenated alkanes) is 15. The topological polar surface area (TPSA) is 56.8 Å². The van der Waals surface area contributed by atoms with E-state index in [1.807, 2.05) is 18.2 Å². The summed E-state index contributed by atoms with van der Waals surface area (Å²) in [5.74, 6) is 0. The summed E-state index contributed by atoms with van der Waals surface area (Å²) < 4.78 is 17.4. The van der Waals surface area contributed by atoms with Gasteiger partial charge in [0.05, 0.1) is 12.7 Å². The maximum absolute atomic E-state index is 12.3. The largest absolute Gasteiger partial charge is 0.443 e.